The van der Waals surface area contributed by atoms with E-state index in [0.29, 0.717) is 0 Å². The molecule has 0 aliphatic carbocycles. The Kier molecular flexibility index (Phi) is 6.31. The van der Waals surface area contributed by atoms with Crippen LogP contribution in [0.25, 0.3) is 0 Å². The number of nitrogens with zero attached hydrogens (tertiary/aromatic N) is 2. The van der Waals surface area contributed by atoms with Crippen LogP contribution in [-0.4, -0.2) is 23.3 Å². The summed E-state index contributed by atoms with van der Waals surface area (Å²) in [5, 5.41) is 3.57. The van der Waals surface area contributed by atoms with E-state index >= 15 is 0 Å². The third kappa shape index (κ3) is 3.94. The van der Waals surface area contributed by atoms with Gasteiger partial charge in [0, 0.05) is 6.07 Å². The zero-order valence-electron chi connectivity index (χ0n) is 19.0. The van der Waals surface area contributed by atoms with Gasteiger partial charge in [0.25, 0.3) is 0 Å². The smallest absolute Gasteiger partial charge is 0.274 e. The number of carbonyl (C=O) groups is 1. The molecule has 0 fully saturated rings. The van der Waals surface area contributed by atoms with Crippen molar-refractivity contribution in [2.75, 3.05) is 0 Å². The van der Waals surface area contributed by atoms with Gasteiger partial charge < -0.3 is 0 Å². The number of carbonyl (C=O) groups excluding carboxylic acids is 1. The summed E-state index contributed by atoms with van der Waals surface area (Å²) in [6, 6.07) is 37.9. The highest BCUT2D eigenvalue weighted by Crippen LogP contribution is 2.42. The Morgan fingerprint density at radius 2 is 1.06 bits per heavy atom. The van der Waals surface area contributed by atoms with E-state index in [1.54, 1.807) is 18.2 Å². The van der Waals surface area contributed by atoms with E-state index in [0.717, 1.165) is 16.7 Å². The van der Waals surface area contributed by atoms with Crippen molar-refractivity contribution in [2.45, 2.75) is 10.4 Å². The molecule has 0 saturated heterocycles. The van der Waals surface area contributed by atoms with Crippen molar-refractivity contribution in [3.63, 3.8) is 0 Å². The third-order valence-corrected chi connectivity index (χ3v) is 7.92. The molecule has 5 aromatic rings. The number of aromatic nitrogens is 2. The maximum atomic E-state index is 13.2. The quantitative estimate of drug-likeness (QED) is 0.262. The van der Waals surface area contributed by atoms with Crippen molar-refractivity contribution < 1.29 is 13.2 Å². The van der Waals surface area contributed by atoms with E-state index in [1.165, 1.54) is 22.9 Å². The minimum atomic E-state index is -4.31. The summed E-state index contributed by atoms with van der Waals surface area (Å²) >= 11 is 6.77. The van der Waals surface area contributed by atoms with Crippen molar-refractivity contribution >= 4 is 26.6 Å². The number of hydrogen-bond acceptors (Lipinski definition) is 4. The van der Waals surface area contributed by atoms with Crippen molar-refractivity contribution in [3.8, 4) is 0 Å². The van der Waals surface area contributed by atoms with Gasteiger partial charge in [-0.3, -0.25) is 4.79 Å². The van der Waals surface area contributed by atoms with Crippen LogP contribution in [-0.2, 0) is 15.4 Å². The van der Waals surface area contributed by atoms with E-state index in [2.05, 4.69) is 5.10 Å². The van der Waals surface area contributed by atoms with Gasteiger partial charge in [0.05, 0.1) is 4.90 Å². The van der Waals surface area contributed by atoms with E-state index in [4.69, 9.17) is 11.6 Å². The van der Waals surface area contributed by atoms with E-state index in [9.17, 15) is 13.2 Å². The summed E-state index contributed by atoms with van der Waals surface area (Å²) in [4.78, 5) is 13.2. The fourth-order valence-electron chi connectivity index (χ4n) is 4.44. The lowest BCUT2D eigenvalue weighted by Gasteiger charge is -2.36. The molecule has 178 valence electrons. The lowest BCUT2D eigenvalue weighted by molar-refractivity contribution is 0.107. The Morgan fingerprint density at radius 3 is 1.47 bits per heavy atom. The van der Waals surface area contributed by atoms with Crippen LogP contribution >= 0.6 is 11.6 Å². The van der Waals surface area contributed by atoms with Gasteiger partial charge in [-0.15, -0.1) is 0 Å². The lowest BCUT2D eigenvalue weighted by atomic mass is 9.77. The fourth-order valence-corrected chi connectivity index (χ4v) is 5.82. The first kappa shape index (κ1) is 23.7. The molecule has 5 nitrogen and oxygen atoms in total. The summed E-state index contributed by atoms with van der Waals surface area (Å²) in [6.45, 7) is 0. The first-order chi connectivity index (χ1) is 17.5. The number of rotatable bonds is 6. The average molecular weight is 513 g/mol. The number of benzene rings is 4. The molecule has 0 saturated carbocycles. The molecule has 0 aliphatic rings. The van der Waals surface area contributed by atoms with Gasteiger partial charge in [-0.1, -0.05) is 121 Å². The molecule has 1 aromatic heterocycles. The maximum absolute atomic E-state index is 13.2. The number of sulfone groups is 1. The molecule has 1 heterocycles. The van der Waals surface area contributed by atoms with Gasteiger partial charge in [-0.05, 0) is 28.8 Å². The zero-order valence-corrected chi connectivity index (χ0v) is 20.6. The van der Waals surface area contributed by atoms with Gasteiger partial charge in [-0.25, -0.2) is 13.1 Å². The van der Waals surface area contributed by atoms with Crippen LogP contribution in [0.2, 0.25) is 5.15 Å². The predicted octanol–water partition coefficient (Wildman–Crippen LogP) is 5.99. The molecule has 0 atom stereocenters. The molecule has 0 unspecified atom stereocenters. The average Bonchev–Trinajstić information content (AvgIpc) is 3.32. The van der Waals surface area contributed by atoms with Crippen molar-refractivity contribution in [1.82, 2.24) is 9.78 Å². The Balaban J connectivity index is 1.78. The molecule has 0 spiro atoms. The Labute approximate surface area is 214 Å². The molecule has 5 rings (SSSR count). The second-order valence-corrected chi connectivity index (χ2v) is 10.4. The highest BCUT2D eigenvalue weighted by molar-refractivity contribution is 8.06. The van der Waals surface area contributed by atoms with Crippen LogP contribution in [0.4, 0.5) is 0 Å². The molecule has 0 bridgehead atoms. The standard InChI is InChI=1S/C29H21ClN2O3S/c30-27-21-26(28(33)36(34,35)25-19-11-4-12-20-25)31-32(27)29(22-13-5-1-6-14-22,23-15-7-2-8-16-23)24-17-9-3-10-18-24/h1-21H. The summed E-state index contributed by atoms with van der Waals surface area (Å²) in [5.41, 5.74) is 1.21. The normalized spacial score (nSPS) is 11.8. The number of hydrogen-bond donors (Lipinski definition) is 0. The van der Waals surface area contributed by atoms with E-state index in [-0.39, 0.29) is 15.7 Å². The Bertz CT molecular complexity index is 1510. The Hall–Kier alpha value is -4.00. The Morgan fingerprint density at radius 1 is 0.667 bits per heavy atom. The van der Waals surface area contributed by atoms with Crippen LogP contribution in [0.15, 0.2) is 132 Å². The summed E-state index contributed by atoms with van der Waals surface area (Å²) in [6.07, 6.45) is 0. The van der Waals surface area contributed by atoms with Crippen LogP contribution in [0.1, 0.15) is 27.2 Å². The van der Waals surface area contributed by atoms with Crippen molar-refractivity contribution in [2.24, 2.45) is 0 Å². The van der Waals surface area contributed by atoms with Crippen LogP contribution < -0.4 is 0 Å². The fraction of sp³-hybridized carbons (Fsp3) is 0.0345. The first-order valence-electron chi connectivity index (χ1n) is 11.2. The zero-order chi connectivity index (χ0) is 25.2. The van der Waals surface area contributed by atoms with Crippen LogP contribution in [0.5, 0.6) is 0 Å². The molecule has 0 radical (unpaired) electrons. The number of halogens is 1. The van der Waals surface area contributed by atoms with Crippen molar-refractivity contribution in [3.05, 3.63) is 155 Å². The highest BCUT2D eigenvalue weighted by atomic mass is 35.5. The van der Waals surface area contributed by atoms with Gasteiger partial charge in [0.1, 0.15) is 16.4 Å². The third-order valence-electron chi connectivity index (χ3n) is 6.07. The summed E-state index contributed by atoms with van der Waals surface area (Å²) in [5.74, 6) is 0. The second-order valence-electron chi connectivity index (χ2n) is 8.18. The summed E-state index contributed by atoms with van der Waals surface area (Å²) < 4.78 is 27.7. The van der Waals surface area contributed by atoms with Gasteiger partial charge in [0.15, 0.2) is 0 Å². The highest BCUT2D eigenvalue weighted by Gasteiger charge is 2.42. The molecule has 4 aromatic carbocycles. The van der Waals surface area contributed by atoms with Crippen LogP contribution in [0, 0.1) is 0 Å². The second kappa shape index (κ2) is 9.57. The molecule has 0 amide bonds. The van der Waals surface area contributed by atoms with Crippen molar-refractivity contribution in [1.29, 1.82) is 0 Å². The molecule has 36 heavy (non-hydrogen) atoms. The van der Waals surface area contributed by atoms with E-state index in [1.807, 2.05) is 91.0 Å². The molecule has 0 aliphatic heterocycles. The summed E-state index contributed by atoms with van der Waals surface area (Å²) in [7, 11) is -4.31. The molecular weight excluding hydrogens is 492 g/mol. The first-order valence-corrected chi connectivity index (χ1v) is 13.1. The maximum Gasteiger partial charge on any atom is 0.301 e. The minimum Gasteiger partial charge on any atom is -0.274 e. The molecule has 7 heteroatoms. The van der Waals surface area contributed by atoms with Gasteiger partial charge in [0.2, 0.25) is 9.84 Å². The predicted molar refractivity (Wildman–Crippen MR) is 140 cm³/mol. The molecule has 0 N–H and O–H groups in total. The minimum absolute atomic E-state index is 0.0962. The van der Waals surface area contributed by atoms with E-state index < -0.39 is 20.5 Å². The molecular formula is C29H21ClN2O3S. The van der Waals surface area contributed by atoms with Gasteiger partial charge >= 0.3 is 5.12 Å². The van der Waals surface area contributed by atoms with Crippen LogP contribution in [0.3, 0.4) is 0 Å². The lowest BCUT2D eigenvalue weighted by Crippen LogP contribution is -2.39. The topological polar surface area (TPSA) is 69.0 Å². The SMILES string of the molecule is O=C(c1cc(Cl)n(C(c2ccccc2)(c2ccccc2)c2ccccc2)n1)S(=O)(=O)c1ccccc1. The van der Waals surface area contributed by atoms with Gasteiger partial charge in [-0.2, -0.15) is 5.10 Å². The monoisotopic (exact) mass is 512 g/mol. The largest absolute Gasteiger partial charge is 0.301 e.